The van der Waals surface area contributed by atoms with Crippen molar-refractivity contribution in [2.24, 2.45) is 0 Å². The molecule has 0 atom stereocenters. The lowest BCUT2D eigenvalue weighted by atomic mass is 9.78. The van der Waals surface area contributed by atoms with Gasteiger partial charge in [0, 0.05) is 14.1 Å². The van der Waals surface area contributed by atoms with E-state index in [-0.39, 0.29) is 0 Å². The first-order valence-electron chi connectivity index (χ1n) is 11.2. The van der Waals surface area contributed by atoms with Crippen LogP contribution in [0.1, 0.15) is 69.2 Å². The maximum Gasteiger partial charge on any atom is 0.494 e. The van der Waals surface area contributed by atoms with Gasteiger partial charge in [-0.3, -0.25) is 9.80 Å². The lowest BCUT2D eigenvalue weighted by Crippen LogP contribution is -2.41. The molecule has 33 heavy (non-hydrogen) atoms. The quantitative estimate of drug-likeness (QED) is 0.605. The standard InChI is InChI=1S/C24H39BN2O6/c1-21(2,3)30-19(28)26(11)17-14-13-16(25-32-23(7,8)24(9,10)33-25)15-18(17)27(12)20(29)31-22(4,5)6/h13-15H,1-12H3. The van der Waals surface area contributed by atoms with Crippen LogP contribution in [0.3, 0.4) is 0 Å². The largest absolute Gasteiger partial charge is 0.494 e. The third-order valence-corrected chi connectivity index (χ3v) is 5.58. The first-order valence-corrected chi connectivity index (χ1v) is 11.2. The summed E-state index contributed by atoms with van der Waals surface area (Å²) >= 11 is 0. The molecule has 0 aromatic heterocycles. The van der Waals surface area contributed by atoms with Gasteiger partial charge in [-0.25, -0.2) is 9.59 Å². The summed E-state index contributed by atoms with van der Waals surface area (Å²) in [4.78, 5) is 28.4. The Kier molecular flexibility index (Phi) is 7.23. The van der Waals surface area contributed by atoms with E-state index in [0.29, 0.717) is 11.4 Å². The molecular formula is C24H39BN2O6. The Balaban J connectivity index is 2.50. The van der Waals surface area contributed by atoms with E-state index in [4.69, 9.17) is 18.8 Å². The topological polar surface area (TPSA) is 77.5 Å². The van der Waals surface area contributed by atoms with Crippen molar-refractivity contribution in [2.45, 2.75) is 91.6 Å². The van der Waals surface area contributed by atoms with Crippen LogP contribution in [0.25, 0.3) is 0 Å². The van der Waals surface area contributed by atoms with Gasteiger partial charge in [0.25, 0.3) is 0 Å². The minimum atomic E-state index is -0.675. The summed E-state index contributed by atoms with van der Waals surface area (Å²) < 4.78 is 23.4. The number of hydrogen-bond donors (Lipinski definition) is 0. The number of ether oxygens (including phenoxy) is 2. The molecule has 1 aliphatic heterocycles. The van der Waals surface area contributed by atoms with E-state index >= 15 is 0 Å². The van der Waals surface area contributed by atoms with Crippen LogP contribution in [0, 0.1) is 0 Å². The second-order valence-corrected chi connectivity index (χ2v) is 11.4. The van der Waals surface area contributed by atoms with E-state index in [9.17, 15) is 9.59 Å². The molecule has 0 saturated carbocycles. The maximum absolute atomic E-state index is 12.9. The highest BCUT2D eigenvalue weighted by Gasteiger charge is 2.52. The molecule has 0 N–H and O–H groups in total. The van der Waals surface area contributed by atoms with E-state index in [0.717, 1.165) is 5.46 Å². The number of carbonyl (C=O) groups excluding carboxylic acids is 2. The molecule has 0 radical (unpaired) electrons. The van der Waals surface area contributed by atoms with Crippen LogP contribution in [0.4, 0.5) is 21.0 Å². The number of carbonyl (C=O) groups is 2. The van der Waals surface area contributed by atoms with E-state index in [1.54, 1.807) is 67.8 Å². The molecule has 1 aromatic rings. The summed E-state index contributed by atoms with van der Waals surface area (Å²) in [5.74, 6) is 0. The fourth-order valence-electron chi connectivity index (χ4n) is 3.08. The van der Waals surface area contributed by atoms with Crippen molar-refractivity contribution >= 4 is 36.1 Å². The number of benzene rings is 1. The number of nitrogens with zero attached hydrogens (tertiary/aromatic N) is 2. The second-order valence-electron chi connectivity index (χ2n) is 11.4. The lowest BCUT2D eigenvalue weighted by Gasteiger charge is -2.32. The SMILES string of the molecule is CN(C(=O)OC(C)(C)C)c1ccc(B2OC(C)(C)C(C)(C)O2)cc1N(C)C(=O)OC(C)(C)C. The Morgan fingerprint density at radius 1 is 0.788 bits per heavy atom. The molecule has 0 spiro atoms. The zero-order chi connectivity index (χ0) is 25.6. The average molecular weight is 462 g/mol. The molecule has 1 fully saturated rings. The lowest BCUT2D eigenvalue weighted by molar-refractivity contribution is 0.00578. The van der Waals surface area contributed by atoms with Crippen molar-refractivity contribution in [1.29, 1.82) is 0 Å². The summed E-state index contributed by atoms with van der Waals surface area (Å²) in [6.07, 6.45) is -1.09. The van der Waals surface area contributed by atoms with Crippen molar-refractivity contribution in [2.75, 3.05) is 23.9 Å². The average Bonchev–Trinajstić information content (AvgIpc) is 2.84. The molecule has 0 bridgehead atoms. The van der Waals surface area contributed by atoms with Crippen LogP contribution in [-0.4, -0.2) is 55.8 Å². The summed E-state index contributed by atoms with van der Waals surface area (Å²) in [6, 6.07) is 5.35. The Hall–Kier alpha value is -2.26. The molecular weight excluding hydrogens is 423 g/mol. The number of amides is 2. The van der Waals surface area contributed by atoms with Gasteiger partial charge >= 0.3 is 19.3 Å². The van der Waals surface area contributed by atoms with Crippen LogP contribution in [-0.2, 0) is 18.8 Å². The first-order chi connectivity index (χ1) is 14.7. The number of rotatable bonds is 3. The summed E-state index contributed by atoms with van der Waals surface area (Å²) in [6.45, 7) is 18.7. The minimum absolute atomic E-state index is 0.463. The first kappa shape index (κ1) is 27.0. The van der Waals surface area contributed by atoms with Crippen molar-refractivity contribution in [3.8, 4) is 0 Å². The highest BCUT2D eigenvalue weighted by atomic mass is 16.7. The minimum Gasteiger partial charge on any atom is -0.443 e. The van der Waals surface area contributed by atoms with Crippen LogP contribution >= 0.6 is 0 Å². The third-order valence-electron chi connectivity index (χ3n) is 5.58. The van der Waals surface area contributed by atoms with Crippen molar-refractivity contribution < 1.29 is 28.4 Å². The molecule has 8 nitrogen and oxygen atoms in total. The zero-order valence-electron chi connectivity index (χ0n) is 22.2. The second kappa shape index (κ2) is 8.83. The fourth-order valence-corrected chi connectivity index (χ4v) is 3.08. The molecule has 9 heteroatoms. The summed E-state index contributed by atoms with van der Waals surface area (Å²) in [5.41, 5.74) is -0.693. The van der Waals surface area contributed by atoms with Crippen molar-refractivity contribution in [3.05, 3.63) is 18.2 Å². The van der Waals surface area contributed by atoms with Gasteiger partial charge in [0.15, 0.2) is 0 Å². The van der Waals surface area contributed by atoms with Gasteiger partial charge in [-0.15, -0.1) is 0 Å². The van der Waals surface area contributed by atoms with Crippen molar-refractivity contribution in [3.63, 3.8) is 0 Å². The monoisotopic (exact) mass is 462 g/mol. The van der Waals surface area contributed by atoms with Crippen LogP contribution in [0.15, 0.2) is 18.2 Å². The molecule has 2 amide bonds. The number of hydrogen-bond acceptors (Lipinski definition) is 6. The van der Waals surface area contributed by atoms with Gasteiger partial charge < -0.3 is 18.8 Å². The highest BCUT2D eigenvalue weighted by molar-refractivity contribution is 6.62. The predicted molar refractivity (Wildman–Crippen MR) is 131 cm³/mol. The molecule has 1 heterocycles. The Morgan fingerprint density at radius 3 is 1.58 bits per heavy atom. The zero-order valence-corrected chi connectivity index (χ0v) is 22.2. The Labute approximate surface area is 198 Å². The van der Waals surface area contributed by atoms with Crippen LogP contribution in [0.5, 0.6) is 0 Å². The molecule has 0 unspecified atom stereocenters. The highest BCUT2D eigenvalue weighted by Crippen LogP contribution is 2.37. The molecule has 1 aliphatic rings. The maximum atomic E-state index is 12.9. The van der Waals surface area contributed by atoms with E-state index in [1.807, 2.05) is 33.8 Å². The molecule has 1 saturated heterocycles. The predicted octanol–water partition coefficient (Wildman–Crippen LogP) is 4.73. The summed E-state index contributed by atoms with van der Waals surface area (Å²) in [7, 11) is 2.58. The van der Waals surface area contributed by atoms with Gasteiger partial charge in [-0.2, -0.15) is 0 Å². The molecule has 2 rings (SSSR count). The van der Waals surface area contributed by atoms with Gasteiger partial charge in [0.1, 0.15) is 11.2 Å². The van der Waals surface area contributed by atoms with E-state index in [2.05, 4.69) is 0 Å². The summed E-state index contributed by atoms with van der Waals surface area (Å²) in [5, 5.41) is 0. The smallest absolute Gasteiger partial charge is 0.443 e. The molecule has 0 aliphatic carbocycles. The third kappa shape index (κ3) is 6.41. The van der Waals surface area contributed by atoms with Crippen LogP contribution in [0.2, 0.25) is 0 Å². The van der Waals surface area contributed by atoms with Gasteiger partial charge in [-0.1, -0.05) is 6.07 Å². The van der Waals surface area contributed by atoms with Crippen molar-refractivity contribution in [1.82, 2.24) is 0 Å². The Morgan fingerprint density at radius 2 is 1.18 bits per heavy atom. The van der Waals surface area contributed by atoms with E-state index in [1.165, 1.54) is 9.80 Å². The van der Waals surface area contributed by atoms with Crippen LogP contribution < -0.4 is 15.3 Å². The molecule has 184 valence electrons. The van der Waals surface area contributed by atoms with Gasteiger partial charge in [-0.05, 0) is 86.8 Å². The molecule has 1 aromatic carbocycles. The normalized spacial score (nSPS) is 17.5. The van der Waals surface area contributed by atoms with Gasteiger partial charge in [0.2, 0.25) is 0 Å². The fraction of sp³-hybridized carbons (Fsp3) is 0.667. The number of anilines is 2. The Bertz CT molecular complexity index is 885. The van der Waals surface area contributed by atoms with E-state index < -0.39 is 41.7 Å². The van der Waals surface area contributed by atoms with Gasteiger partial charge in [0.05, 0.1) is 22.6 Å².